The van der Waals surface area contributed by atoms with E-state index in [-0.39, 0.29) is 17.3 Å². The molecule has 1 amide bonds. The number of rotatable bonds is 5. The Kier molecular flexibility index (Phi) is 5.37. The maximum atomic E-state index is 12.3. The van der Waals surface area contributed by atoms with Crippen molar-refractivity contribution in [3.8, 4) is 11.1 Å². The van der Waals surface area contributed by atoms with Gasteiger partial charge in [0.05, 0.1) is 10.5 Å². The number of carbonyl (C=O) groups excluding carboxylic acids is 1. The van der Waals surface area contributed by atoms with Crippen LogP contribution in [0.3, 0.4) is 0 Å². The minimum Gasteiger partial charge on any atom is -0.348 e. The van der Waals surface area contributed by atoms with E-state index < -0.39 is 9.84 Å². The number of aryl methyl sites for hydroxylation is 1. The summed E-state index contributed by atoms with van der Waals surface area (Å²) in [5.74, 6) is -0.261. The summed E-state index contributed by atoms with van der Waals surface area (Å²) in [6.07, 6.45) is 4.26. The topological polar surface area (TPSA) is 76.1 Å². The molecular formula is C21H20N2O3S. The molecule has 5 nitrogen and oxygen atoms in total. The highest BCUT2D eigenvalue weighted by Crippen LogP contribution is 2.27. The van der Waals surface area contributed by atoms with Crippen molar-refractivity contribution in [1.82, 2.24) is 10.3 Å². The van der Waals surface area contributed by atoms with Gasteiger partial charge >= 0.3 is 0 Å². The molecule has 2 aromatic carbocycles. The molecule has 0 aliphatic carbocycles. The molecule has 27 heavy (non-hydrogen) atoms. The molecule has 0 aliphatic rings. The fourth-order valence-electron chi connectivity index (χ4n) is 2.82. The van der Waals surface area contributed by atoms with Gasteiger partial charge in [-0.05, 0) is 47.9 Å². The highest BCUT2D eigenvalue weighted by atomic mass is 32.2. The van der Waals surface area contributed by atoms with Crippen molar-refractivity contribution in [3.63, 3.8) is 0 Å². The number of nitrogens with one attached hydrogen (secondary N) is 1. The van der Waals surface area contributed by atoms with Gasteiger partial charge in [-0.1, -0.05) is 35.9 Å². The molecule has 0 saturated carbocycles. The zero-order valence-electron chi connectivity index (χ0n) is 15.1. The van der Waals surface area contributed by atoms with E-state index in [2.05, 4.69) is 10.3 Å². The lowest BCUT2D eigenvalue weighted by molar-refractivity contribution is 0.0950. The number of benzene rings is 2. The van der Waals surface area contributed by atoms with E-state index in [1.165, 1.54) is 12.5 Å². The SMILES string of the molecule is Cc1cccc(-c2ccc(S(C)(=O)=O)cc2CNC(=O)c2cccnc2)c1. The highest BCUT2D eigenvalue weighted by Gasteiger charge is 2.14. The maximum absolute atomic E-state index is 12.3. The minimum atomic E-state index is -3.35. The van der Waals surface area contributed by atoms with E-state index in [1.807, 2.05) is 31.2 Å². The predicted molar refractivity (Wildman–Crippen MR) is 105 cm³/mol. The van der Waals surface area contributed by atoms with Gasteiger partial charge in [0.1, 0.15) is 0 Å². The molecule has 138 valence electrons. The molecular weight excluding hydrogens is 360 g/mol. The smallest absolute Gasteiger partial charge is 0.253 e. The van der Waals surface area contributed by atoms with Gasteiger partial charge in [0.2, 0.25) is 0 Å². The molecule has 0 atom stereocenters. The Labute approximate surface area is 159 Å². The highest BCUT2D eigenvalue weighted by molar-refractivity contribution is 7.90. The number of carbonyl (C=O) groups is 1. The molecule has 0 bridgehead atoms. The van der Waals surface area contributed by atoms with Crippen LogP contribution in [0.5, 0.6) is 0 Å². The van der Waals surface area contributed by atoms with Crippen LogP contribution in [0, 0.1) is 6.92 Å². The summed E-state index contributed by atoms with van der Waals surface area (Å²) in [4.78, 5) is 16.5. The minimum absolute atomic E-state index is 0.209. The summed E-state index contributed by atoms with van der Waals surface area (Å²) >= 11 is 0. The van der Waals surface area contributed by atoms with E-state index >= 15 is 0 Å². The molecule has 0 radical (unpaired) electrons. The van der Waals surface area contributed by atoms with Crippen LogP contribution in [0.25, 0.3) is 11.1 Å². The van der Waals surface area contributed by atoms with Crippen molar-refractivity contribution in [3.05, 3.63) is 83.7 Å². The van der Waals surface area contributed by atoms with Crippen LogP contribution in [-0.4, -0.2) is 25.6 Å². The average Bonchev–Trinajstić information content (AvgIpc) is 2.66. The van der Waals surface area contributed by atoms with Gasteiger partial charge in [-0.3, -0.25) is 9.78 Å². The van der Waals surface area contributed by atoms with Crippen molar-refractivity contribution in [1.29, 1.82) is 0 Å². The predicted octanol–water partition coefficient (Wildman–Crippen LogP) is 3.39. The van der Waals surface area contributed by atoms with Crippen LogP contribution in [0.15, 0.2) is 71.9 Å². The first-order valence-corrected chi connectivity index (χ1v) is 10.3. The largest absolute Gasteiger partial charge is 0.348 e. The molecule has 0 fully saturated rings. The Balaban J connectivity index is 1.96. The van der Waals surface area contributed by atoms with Crippen molar-refractivity contribution >= 4 is 15.7 Å². The van der Waals surface area contributed by atoms with Crippen LogP contribution in [-0.2, 0) is 16.4 Å². The number of nitrogens with zero attached hydrogens (tertiary/aromatic N) is 1. The van der Waals surface area contributed by atoms with Gasteiger partial charge in [0, 0.05) is 25.2 Å². The average molecular weight is 380 g/mol. The number of pyridine rings is 1. The van der Waals surface area contributed by atoms with E-state index in [4.69, 9.17) is 0 Å². The molecule has 0 aliphatic heterocycles. The van der Waals surface area contributed by atoms with Gasteiger partial charge in [-0.2, -0.15) is 0 Å². The number of sulfone groups is 1. The van der Waals surface area contributed by atoms with Crippen molar-refractivity contribution < 1.29 is 13.2 Å². The second-order valence-corrected chi connectivity index (χ2v) is 8.40. The standard InChI is InChI=1S/C21H20N2O3S/c1-15-5-3-6-16(11-15)20-9-8-19(27(2,25)26)12-18(20)14-23-21(24)17-7-4-10-22-13-17/h3-13H,14H2,1-2H3,(H,23,24). The second kappa shape index (κ2) is 7.72. The molecule has 1 N–H and O–H groups in total. The monoisotopic (exact) mass is 380 g/mol. The Bertz CT molecular complexity index is 1080. The number of hydrogen-bond donors (Lipinski definition) is 1. The van der Waals surface area contributed by atoms with Gasteiger partial charge in [-0.25, -0.2) is 8.42 Å². The van der Waals surface area contributed by atoms with E-state index in [1.54, 1.807) is 36.5 Å². The number of aromatic nitrogens is 1. The zero-order valence-corrected chi connectivity index (χ0v) is 16.0. The Hall–Kier alpha value is -2.99. The van der Waals surface area contributed by atoms with E-state index in [0.29, 0.717) is 5.56 Å². The Morgan fingerprint density at radius 2 is 1.89 bits per heavy atom. The molecule has 0 saturated heterocycles. The zero-order chi connectivity index (χ0) is 19.4. The van der Waals surface area contributed by atoms with Gasteiger partial charge in [-0.15, -0.1) is 0 Å². The van der Waals surface area contributed by atoms with Crippen molar-refractivity contribution in [2.24, 2.45) is 0 Å². The van der Waals surface area contributed by atoms with Crippen LogP contribution < -0.4 is 5.32 Å². The Morgan fingerprint density at radius 3 is 2.56 bits per heavy atom. The summed E-state index contributed by atoms with van der Waals surface area (Å²) < 4.78 is 23.9. The van der Waals surface area contributed by atoms with E-state index in [0.717, 1.165) is 22.3 Å². The van der Waals surface area contributed by atoms with Crippen molar-refractivity contribution in [2.45, 2.75) is 18.4 Å². The molecule has 1 aromatic heterocycles. The first-order chi connectivity index (χ1) is 12.8. The van der Waals surface area contributed by atoms with Crippen LogP contribution in [0.1, 0.15) is 21.5 Å². The normalized spacial score (nSPS) is 11.2. The summed E-state index contributed by atoms with van der Waals surface area (Å²) in [7, 11) is -3.35. The summed E-state index contributed by atoms with van der Waals surface area (Å²) in [6.45, 7) is 2.21. The third kappa shape index (κ3) is 4.60. The Morgan fingerprint density at radius 1 is 1.07 bits per heavy atom. The maximum Gasteiger partial charge on any atom is 0.253 e. The van der Waals surface area contributed by atoms with Crippen LogP contribution in [0.2, 0.25) is 0 Å². The fourth-order valence-corrected chi connectivity index (χ4v) is 3.49. The molecule has 0 unspecified atom stereocenters. The first kappa shape index (κ1) is 18.8. The lowest BCUT2D eigenvalue weighted by Gasteiger charge is -2.13. The summed E-state index contributed by atoms with van der Waals surface area (Å²) in [5, 5.41) is 2.84. The molecule has 3 rings (SSSR count). The number of hydrogen-bond acceptors (Lipinski definition) is 4. The van der Waals surface area contributed by atoms with Gasteiger partial charge < -0.3 is 5.32 Å². The molecule has 0 spiro atoms. The van der Waals surface area contributed by atoms with Gasteiger partial charge in [0.25, 0.3) is 5.91 Å². The van der Waals surface area contributed by atoms with Crippen molar-refractivity contribution in [2.75, 3.05) is 6.26 Å². The van der Waals surface area contributed by atoms with Crippen LogP contribution in [0.4, 0.5) is 0 Å². The third-order valence-corrected chi connectivity index (χ3v) is 5.31. The summed E-state index contributed by atoms with van der Waals surface area (Å²) in [5.41, 5.74) is 4.15. The second-order valence-electron chi connectivity index (χ2n) is 6.38. The first-order valence-electron chi connectivity index (χ1n) is 8.43. The van der Waals surface area contributed by atoms with Gasteiger partial charge in [0.15, 0.2) is 9.84 Å². The third-order valence-electron chi connectivity index (χ3n) is 4.20. The summed E-state index contributed by atoms with van der Waals surface area (Å²) in [6, 6.07) is 16.3. The fraction of sp³-hybridized carbons (Fsp3) is 0.143. The molecule has 6 heteroatoms. The molecule has 1 heterocycles. The lowest BCUT2D eigenvalue weighted by Crippen LogP contribution is -2.23. The quantitative estimate of drug-likeness (QED) is 0.736. The van der Waals surface area contributed by atoms with Crippen LogP contribution >= 0.6 is 0 Å². The van der Waals surface area contributed by atoms with E-state index in [9.17, 15) is 13.2 Å². The lowest BCUT2D eigenvalue weighted by atomic mass is 9.98. The number of amides is 1. The molecule has 3 aromatic rings.